The van der Waals surface area contributed by atoms with Crippen molar-refractivity contribution >= 4 is 11.8 Å². The average molecular weight is 321 g/mol. The zero-order chi connectivity index (χ0) is 17.0. The molecule has 0 bridgehead atoms. The molecule has 0 saturated carbocycles. The number of carbonyl (C=O) groups is 2. The molecule has 120 valence electrons. The van der Waals surface area contributed by atoms with Crippen LogP contribution >= 0.6 is 0 Å². The number of carboxylic acids is 1. The first-order valence-electron chi connectivity index (χ1n) is 5.88. The van der Waals surface area contributed by atoms with Gasteiger partial charge in [0.05, 0.1) is 12.2 Å². The second kappa shape index (κ2) is 7.03. The molecule has 0 aliphatic heterocycles. The first kappa shape index (κ1) is 17.6. The molecular weight excluding hydrogens is 310 g/mol. The van der Waals surface area contributed by atoms with Gasteiger partial charge in [0.1, 0.15) is 5.57 Å². The molecule has 0 amide bonds. The Morgan fingerprint density at radius 1 is 1.23 bits per heavy atom. The molecule has 0 aliphatic rings. The van der Waals surface area contributed by atoms with Crippen LogP contribution in [0.15, 0.2) is 17.8 Å². The normalized spacial score (nSPS) is 12.9. The molecule has 0 heterocycles. The number of Topliss-reactive ketones (excluding diaryl/α,β-unsaturated/α-hetero) is 1. The van der Waals surface area contributed by atoms with Crippen molar-refractivity contribution < 1.29 is 37.4 Å². The maximum absolute atomic E-state index is 13.5. The van der Waals surface area contributed by atoms with Crippen LogP contribution in [-0.2, 0) is 4.79 Å². The number of nitrogens with one attached hydrogen (secondary N) is 1. The van der Waals surface area contributed by atoms with E-state index < -0.39 is 58.8 Å². The molecule has 0 saturated heterocycles. The standard InChI is InChI=1S/C13H11F4NO4/c1-5(4-19)18-3-7(13(21)22)12(20)6-2-8(14)10(16)11(17)9(6)15/h2-3,5,18-19H,4H2,1H3,(H,21,22). The van der Waals surface area contributed by atoms with Crippen LogP contribution in [0.1, 0.15) is 17.3 Å². The van der Waals surface area contributed by atoms with Gasteiger partial charge in [-0.1, -0.05) is 0 Å². The number of hydrogen-bond donors (Lipinski definition) is 3. The van der Waals surface area contributed by atoms with Crippen molar-refractivity contribution in [3.8, 4) is 0 Å². The molecule has 1 atom stereocenters. The third-order valence-electron chi connectivity index (χ3n) is 2.61. The predicted molar refractivity (Wildman–Crippen MR) is 66.0 cm³/mol. The molecule has 0 spiro atoms. The number of halogens is 4. The fourth-order valence-corrected chi connectivity index (χ4v) is 1.39. The lowest BCUT2D eigenvalue weighted by atomic mass is 10.0. The minimum Gasteiger partial charge on any atom is -0.477 e. The van der Waals surface area contributed by atoms with Crippen molar-refractivity contribution in [3.05, 3.63) is 46.7 Å². The number of carboxylic acid groups (broad SMARTS) is 1. The lowest BCUT2D eigenvalue weighted by Crippen LogP contribution is -2.27. The summed E-state index contributed by atoms with van der Waals surface area (Å²) in [6.45, 7) is 1.05. The molecule has 1 aromatic rings. The van der Waals surface area contributed by atoms with Crippen LogP contribution in [-0.4, -0.2) is 34.6 Å². The van der Waals surface area contributed by atoms with E-state index in [2.05, 4.69) is 5.32 Å². The second-order valence-corrected chi connectivity index (χ2v) is 4.29. The summed E-state index contributed by atoms with van der Waals surface area (Å²) < 4.78 is 52.5. The van der Waals surface area contributed by atoms with Gasteiger partial charge < -0.3 is 15.5 Å². The molecule has 0 aliphatic carbocycles. The van der Waals surface area contributed by atoms with Gasteiger partial charge in [-0.3, -0.25) is 4.79 Å². The molecule has 1 unspecified atom stereocenters. The van der Waals surface area contributed by atoms with Crippen molar-refractivity contribution in [1.82, 2.24) is 5.32 Å². The summed E-state index contributed by atoms with van der Waals surface area (Å²) in [5.41, 5.74) is -2.30. The summed E-state index contributed by atoms with van der Waals surface area (Å²) in [6, 6.07) is -0.559. The van der Waals surface area contributed by atoms with Gasteiger partial charge in [-0.2, -0.15) is 0 Å². The Morgan fingerprint density at radius 3 is 2.32 bits per heavy atom. The largest absolute Gasteiger partial charge is 0.477 e. The number of benzene rings is 1. The highest BCUT2D eigenvalue weighted by Crippen LogP contribution is 2.21. The van der Waals surface area contributed by atoms with Gasteiger partial charge >= 0.3 is 5.97 Å². The molecule has 1 rings (SSSR count). The van der Waals surface area contributed by atoms with E-state index in [4.69, 9.17) is 10.2 Å². The summed E-state index contributed by atoms with van der Waals surface area (Å²) in [4.78, 5) is 22.9. The Morgan fingerprint density at radius 2 is 1.82 bits per heavy atom. The van der Waals surface area contributed by atoms with Crippen molar-refractivity contribution in [2.24, 2.45) is 0 Å². The highest BCUT2D eigenvalue weighted by atomic mass is 19.2. The minimum absolute atomic E-state index is 0.0718. The number of hydrogen-bond acceptors (Lipinski definition) is 4. The Hall–Kier alpha value is -2.42. The second-order valence-electron chi connectivity index (χ2n) is 4.29. The lowest BCUT2D eigenvalue weighted by molar-refractivity contribution is -0.132. The minimum atomic E-state index is -2.22. The maximum atomic E-state index is 13.5. The van der Waals surface area contributed by atoms with Gasteiger partial charge in [-0.25, -0.2) is 22.4 Å². The van der Waals surface area contributed by atoms with E-state index in [0.29, 0.717) is 6.20 Å². The van der Waals surface area contributed by atoms with Gasteiger partial charge in [0.15, 0.2) is 23.3 Å². The Labute approximate surface area is 121 Å². The average Bonchev–Trinajstić information content (AvgIpc) is 2.48. The topological polar surface area (TPSA) is 86.6 Å². The zero-order valence-electron chi connectivity index (χ0n) is 11.2. The van der Waals surface area contributed by atoms with E-state index in [9.17, 15) is 27.2 Å². The van der Waals surface area contributed by atoms with Crippen LogP contribution in [0.3, 0.4) is 0 Å². The van der Waals surface area contributed by atoms with Crippen LogP contribution in [0.25, 0.3) is 0 Å². The van der Waals surface area contributed by atoms with Gasteiger partial charge in [0.25, 0.3) is 0 Å². The van der Waals surface area contributed by atoms with E-state index >= 15 is 0 Å². The van der Waals surface area contributed by atoms with E-state index in [0.717, 1.165) is 0 Å². The van der Waals surface area contributed by atoms with Crippen LogP contribution in [0.2, 0.25) is 0 Å². The molecule has 0 fully saturated rings. The lowest BCUT2D eigenvalue weighted by Gasteiger charge is -2.10. The first-order chi connectivity index (χ1) is 10.2. The van der Waals surface area contributed by atoms with Gasteiger partial charge in [-0.05, 0) is 13.0 Å². The summed E-state index contributed by atoms with van der Waals surface area (Å²) in [5.74, 6) is -11.5. The molecule has 3 N–H and O–H groups in total. The SMILES string of the molecule is CC(CO)NC=C(C(=O)O)C(=O)c1cc(F)c(F)c(F)c1F. The number of aliphatic carboxylic acids is 1. The summed E-state index contributed by atoms with van der Waals surface area (Å²) in [6.07, 6.45) is 0.657. The third kappa shape index (κ3) is 3.61. The molecule has 1 aromatic carbocycles. The quantitative estimate of drug-likeness (QED) is 0.140. The van der Waals surface area contributed by atoms with Gasteiger partial charge in [-0.15, -0.1) is 0 Å². The van der Waals surface area contributed by atoms with Crippen molar-refractivity contribution in [3.63, 3.8) is 0 Å². The van der Waals surface area contributed by atoms with Crippen molar-refractivity contribution in [2.75, 3.05) is 6.61 Å². The Balaban J connectivity index is 3.30. The van der Waals surface area contributed by atoms with Crippen molar-refractivity contribution in [2.45, 2.75) is 13.0 Å². The number of aliphatic hydroxyl groups excluding tert-OH is 1. The zero-order valence-corrected chi connectivity index (χ0v) is 11.2. The number of carbonyl (C=O) groups excluding carboxylic acids is 1. The van der Waals surface area contributed by atoms with E-state index in [-0.39, 0.29) is 6.07 Å². The van der Waals surface area contributed by atoms with Crippen molar-refractivity contribution in [1.29, 1.82) is 0 Å². The summed E-state index contributed by atoms with van der Waals surface area (Å²) in [5, 5.41) is 20.0. The molecule has 0 radical (unpaired) electrons. The van der Waals surface area contributed by atoms with Crippen LogP contribution < -0.4 is 5.32 Å². The van der Waals surface area contributed by atoms with Gasteiger partial charge in [0, 0.05) is 12.2 Å². The Kier molecular flexibility index (Phi) is 5.63. The first-order valence-corrected chi connectivity index (χ1v) is 5.88. The monoisotopic (exact) mass is 321 g/mol. The summed E-state index contributed by atoms with van der Waals surface area (Å²) >= 11 is 0. The van der Waals surface area contributed by atoms with E-state index in [1.807, 2.05) is 0 Å². The highest BCUT2D eigenvalue weighted by molar-refractivity contribution is 6.23. The van der Waals surface area contributed by atoms with Crippen LogP contribution in [0, 0.1) is 23.3 Å². The maximum Gasteiger partial charge on any atom is 0.341 e. The molecule has 9 heteroatoms. The number of rotatable bonds is 6. The highest BCUT2D eigenvalue weighted by Gasteiger charge is 2.27. The van der Waals surface area contributed by atoms with E-state index in [1.54, 1.807) is 0 Å². The fraction of sp³-hybridized carbons (Fsp3) is 0.231. The number of aliphatic hydroxyl groups is 1. The predicted octanol–water partition coefficient (Wildman–Crippen LogP) is 1.36. The molecule has 5 nitrogen and oxygen atoms in total. The third-order valence-corrected chi connectivity index (χ3v) is 2.61. The molecule has 0 aromatic heterocycles. The fourth-order valence-electron chi connectivity index (χ4n) is 1.39. The van der Waals surface area contributed by atoms with Gasteiger partial charge in [0.2, 0.25) is 5.78 Å². The van der Waals surface area contributed by atoms with Crippen LogP contribution in [0.5, 0.6) is 0 Å². The Bertz CT molecular complexity index is 645. The molecule has 22 heavy (non-hydrogen) atoms. The van der Waals surface area contributed by atoms with Crippen LogP contribution in [0.4, 0.5) is 17.6 Å². The number of ketones is 1. The summed E-state index contributed by atoms with van der Waals surface area (Å²) in [7, 11) is 0. The van der Waals surface area contributed by atoms with E-state index in [1.165, 1.54) is 6.92 Å². The molecular formula is C13H11F4NO4. The smallest absolute Gasteiger partial charge is 0.341 e.